The molecular weight excluding hydrogens is 398 g/mol. The minimum atomic E-state index is 0.792. The lowest BCUT2D eigenvalue weighted by molar-refractivity contribution is 1.02. The Morgan fingerprint density at radius 3 is 1.78 bits per heavy atom. The average Bonchev–Trinajstić information content (AvgIpc) is 3.38. The van der Waals surface area contributed by atoms with Gasteiger partial charge in [0.15, 0.2) is 0 Å². The molecule has 7 nitrogen and oxygen atoms in total. The molecule has 0 saturated carbocycles. The van der Waals surface area contributed by atoms with Gasteiger partial charge in [-0.25, -0.2) is 19.9 Å². The van der Waals surface area contributed by atoms with Gasteiger partial charge < -0.3 is 0 Å². The Bertz CT molecular complexity index is 1630. The van der Waals surface area contributed by atoms with Crippen LogP contribution in [-0.4, -0.2) is 34.1 Å². The van der Waals surface area contributed by atoms with Gasteiger partial charge in [-0.05, 0) is 24.3 Å². The van der Waals surface area contributed by atoms with Gasteiger partial charge in [-0.2, -0.15) is 0 Å². The number of fused-ring (bicyclic) bond motifs is 7. The molecule has 0 aliphatic carbocycles. The number of benzene rings is 2. The van der Waals surface area contributed by atoms with Gasteiger partial charge in [0.05, 0.1) is 27.6 Å². The van der Waals surface area contributed by atoms with E-state index in [-0.39, 0.29) is 0 Å². The zero-order valence-electron chi connectivity index (χ0n) is 16.8. The summed E-state index contributed by atoms with van der Waals surface area (Å²) in [5, 5.41) is 3.25. The van der Waals surface area contributed by atoms with Crippen LogP contribution in [0.4, 0.5) is 0 Å². The Hall–Kier alpha value is -4.65. The minimum Gasteiger partial charge on any atom is -0.291 e. The zero-order chi connectivity index (χ0) is 21.1. The van der Waals surface area contributed by atoms with Crippen molar-refractivity contribution in [1.82, 2.24) is 34.1 Å². The van der Waals surface area contributed by atoms with Crippen LogP contribution in [-0.2, 0) is 0 Å². The molecular formula is C25H15N7. The van der Waals surface area contributed by atoms with Crippen molar-refractivity contribution in [1.29, 1.82) is 0 Å². The molecule has 0 bridgehead atoms. The molecule has 0 spiro atoms. The Morgan fingerprint density at radius 2 is 1.12 bits per heavy atom. The van der Waals surface area contributed by atoms with E-state index in [9.17, 15) is 0 Å². The van der Waals surface area contributed by atoms with E-state index in [1.807, 2.05) is 36.5 Å². The van der Waals surface area contributed by atoms with Gasteiger partial charge in [0, 0.05) is 34.7 Å². The van der Waals surface area contributed by atoms with Crippen molar-refractivity contribution in [3.05, 3.63) is 91.9 Å². The minimum absolute atomic E-state index is 0.792. The van der Waals surface area contributed by atoms with Gasteiger partial charge in [0.1, 0.15) is 24.3 Å². The Labute approximate surface area is 181 Å². The molecule has 7 aromatic rings. The summed E-state index contributed by atoms with van der Waals surface area (Å²) in [6.45, 7) is 0. The van der Waals surface area contributed by atoms with Crippen molar-refractivity contribution in [3.63, 3.8) is 0 Å². The molecule has 5 aromatic heterocycles. The first-order valence-electron chi connectivity index (χ1n) is 10.3. The van der Waals surface area contributed by atoms with Crippen molar-refractivity contribution in [3.8, 4) is 11.6 Å². The van der Waals surface area contributed by atoms with Gasteiger partial charge in [0.2, 0.25) is 0 Å². The van der Waals surface area contributed by atoms with E-state index >= 15 is 0 Å². The van der Waals surface area contributed by atoms with E-state index < -0.39 is 0 Å². The molecule has 0 aliphatic heterocycles. The number of rotatable bonds is 2. The monoisotopic (exact) mass is 413 g/mol. The van der Waals surface area contributed by atoms with Crippen LogP contribution < -0.4 is 0 Å². The number of hydrogen-bond donors (Lipinski definition) is 0. The second kappa shape index (κ2) is 6.42. The molecule has 32 heavy (non-hydrogen) atoms. The van der Waals surface area contributed by atoms with Crippen LogP contribution in [0.5, 0.6) is 0 Å². The summed E-state index contributed by atoms with van der Waals surface area (Å²) in [6, 6.07) is 20.5. The first kappa shape index (κ1) is 17.1. The van der Waals surface area contributed by atoms with Gasteiger partial charge >= 0.3 is 0 Å². The van der Waals surface area contributed by atoms with Crippen molar-refractivity contribution < 1.29 is 0 Å². The number of aromatic nitrogens is 7. The first-order valence-corrected chi connectivity index (χ1v) is 10.3. The summed E-state index contributed by atoms with van der Waals surface area (Å²) in [5.74, 6) is 1.60. The maximum Gasteiger partial charge on any atom is 0.141 e. The van der Waals surface area contributed by atoms with Crippen LogP contribution in [0.25, 0.3) is 55.4 Å². The number of para-hydroxylation sites is 2. The third-order valence-electron chi connectivity index (χ3n) is 5.90. The van der Waals surface area contributed by atoms with Crippen LogP contribution in [0.1, 0.15) is 0 Å². The molecule has 0 amide bonds. The largest absolute Gasteiger partial charge is 0.291 e. The smallest absolute Gasteiger partial charge is 0.141 e. The summed E-state index contributed by atoms with van der Waals surface area (Å²) >= 11 is 0. The lowest BCUT2D eigenvalue weighted by Crippen LogP contribution is -2.02. The SMILES string of the molecule is c1ccc2c(c1)c1cnc3c4ccccc4n(-c4ccncn4)c3c1n2-c1ccncn1. The summed E-state index contributed by atoms with van der Waals surface area (Å²) in [6.07, 6.45) is 8.64. The molecule has 0 atom stereocenters. The second-order valence-corrected chi connectivity index (χ2v) is 7.56. The highest BCUT2D eigenvalue weighted by molar-refractivity contribution is 6.22. The standard InChI is InChI=1S/C25H15N7/c1-3-7-19-16(5-1)18-13-28-23-17-6-2-4-8-20(17)32(22-10-12-27-15-30-22)25(23)24(18)31(19)21-9-11-26-14-29-21/h1-15H. The molecule has 0 saturated heterocycles. The van der Waals surface area contributed by atoms with Crippen molar-refractivity contribution in [2.24, 2.45) is 0 Å². The quantitative estimate of drug-likeness (QED) is 0.405. The van der Waals surface area contributed by atoms with Gasteiger partial charge in [-0.3, -0.25) is 14.1 Å². The second-order valence-electron chi connectivity index (χ2n) is 7.56. The predicted octanol–water partition coefficient (Wildman–Crippen LogP) is 4.86. The van der Waals surface area contributed by atoms with Crippen molar-refractivity contribution in [2.75, 3.05) is 0 Å². The first-order chi connectivity index (χ1) is 15.9. The zero-order valence-corrected chi connectivity index (χ0v) is 16.8. The highest BCUT2D eigenvalue weighted by Crippen LogP contribution is 2.39. The number of nitrogens with zero attached hydrogens (tertiary/aromatic N) is 7. The average molecular weight is 413 g/mol. The summed E-state index contributed by atoms with van der Waals surface area (Å²) < 4.78 is 4.35. The molecule has 7 heteroatoms. The maximum atomic E-state index is 4.93. The maximum absolute atomic E-state index is 4.93. The lowest BCUT2D eigenvalue weighted by Gasteiger charge is -2.10. The highest BCUT2D eigenvalue weighted by Gasteiger charge is 2.22. The summed E-state index contributed by atoms with van der Waals surface area (Å²) in [7, 11) is 0. The lowest BCUT2D eigenvalue weighted by atomic mass is 10.2. The van der Waals surface area contributed by atoms with E-state index in [1.165, 1.54) is 0 Å². The van der Waals surface area contributed by atoms with Crippen LogP contribution in [0.3, 0.4) is 0 Å². The normalized spacial score (nSPS) is 11.8. The molecule has 7 rings (SSSR count). The predicted molar refractivity (Wildman–Crippen MR) is 124 cm³/mol. The van der Waals surface area contributed by atoms with E-state index in [0.29, 0.717) is 0 Å². The van der Waals surface area contributed by atoms with E-state index in [0.717, 1.165) is 55.4 Å². The molecule has 5 heterocycles. The van der Waals surface area contributed by atoms with Gasteiger partial charge in [0.25, 0.3) is 0 Å². The topological polar surface area (TPSA) is 74.3 Å². The molecule has 0 unspecified atom stereocenters. The molecule has 0 aliphatic rings. The number of pyridine rings is 1. The van der Waals surface area contributed by atoms with Gasteiger partial charge in [-0.15, -0.1) is 0 Å². The van der Waals surface area contributed by atoms with Crippen molar-refractivity contribution >= 4 is 43.7 Å². The third kappa shape index (κ3) is 2.22. The molecule has 0 radical (unpaired) electrons. The third-order valence-corrected chi connectivity index (χ3v) is 5.90. The van der Waals surface area contributed by atoms with E-state index in [4.69, 9.17) is 4.98 Å². The number of hydrogen-bond acceptors (Lipinski definition) is 5. The molecule has 0 fully saturated rings. The van der Waals surface area contributed by atoms with E-state index in [2.05, 4.69) is 59.4 Å². The van der Waals surface area contributed by atoms with Gasteiger partial charge in [-0.1, -0.05) is 36.4 Å². The molecule has 150 valence electrons. The molecule has 2 aromatic carbocycles. The summed E-state index contributed by atoms with van der Waals surface area (Å²) in [5.41, 5.74) is 5.04. The fourth-order valence-electron chi connectivity index (χ4n) is 4.64. The fraction of sp³-hybridized carbons (Fsp3) is 0. The van der Waals surface area contributed by atoms with Crippen LogP contribution in [0, 0.1) is 0 Å². The molecule has 0 N–H and O–H groups in total. The van der Waals surface area contributed by atoms with E-state index in [1.54, 1.807) is 25.0 Å². The highest BCUT2D eigenvalue weighted by atomic mass is 15.1. The van der Waals surface area contributed by atoms with Crippen LogP contribution >= 0.6 is 0 Å². The Morgan fingerprint density at radius 1 is 0.531 bits per heavy atom. The Kier molecular flexibility index (Phi) is 3.43. The van der Waals surface area contributed by atoms with Crippen LogP contribution in [0.15, 0.2) is 91.9 Å². The van der Waals surface area contributed by atoms with Crippen molar-refractivity contribution in [2.45, 2.75) is 0 Å². The summed E-state index contributed by atoms with van der Waals surface area (Å²) in [4.78, 5) is 22.3. The van der Waals surface area contributed by atoms with Crippen LogP contribution in [0.2, 0.25) is 0 Å². The Balaban J connectivity index is 1.81. The fourth-order valence-corrected chi connectivity index (χ4v) is 4.64.